The number of aromatic nitrogens is 2. The van der Waals surface area contributed by atoms with Crippen molar-refractivity contribution in [2.75, 3.05) is 55.7 Å². The number of aliphatic hydroxyl groups is 1. The smallest absolute Gasteiger partial charge is 0.260 e. The number of piperidine rings is 2. The summed E-state index contributed by atoms with van der Waals surface area (Å²) in [4.78, 5) is 17.0. The minimum absolute atomic E-state index is 0.300. The van der Waals surface area contributed by atoms with E-state index in [1.54, 1.807) is 0 Å². The number of aliphatic hydroxyl groups excluding tert-OH is 1. The Morgan fingerprint density at radius 3 is 2.26 bits per heavy atom. The molecule has 0 unspecified atom stereocenters. The Balaban J connectivity index is 1.11. The van der Waals surface area contributed by atoms with Crippen molar-refractivity contribution in [3.63, 3.8) is 0 Å². The highest BCUT2D eigenvalue weighted by atomic mass is 19.3. The molecule has 3 saturated heterocycles. The molecule has 1 N–H and O–H groups in total. The Morgan fingerprint density at radius 2 is 1.63 bits per heavy atom. The first kappa shape index (κ1) is 22.2. The number of halogens is 2. The van der Waals surface area contributed by atoms with Crippen LogP contribution >= 0.6 is 0 Å². The molecule has 4 heterocycles. The van der Waals surface area contributed by atoms with E-state index in [0.717, 1.165) is 67.3 Å². The van der Waals surface area contributed by atoms with Crippen LogP contribution in [0.25, 0.3) is 10.9 Å². The van der Waals surface area contributed by atoms with E-state index in [9.17, 15) is 13.9 Å². The minimum atomic E-state index is -2.47. The molecule has 8 heteroatoms. The molecular formula is C27H35F2N5O. The highest BCUT2D eigenvalue weighted by Crippen LogP contribution is 2.89. The van der Waals surface area contributed by atoms with Crippen molar-refractivity contribution in [1.82, 2.24) is 14.9 Å². The molecule has 2 aromatic rings. The minimum Gasteiger partial charge on any atom is -0.396 e. The summed E-state index contributed by atoms with van der Waals surface area (Å²) in [5.41, 5.74) is 0.674. The van der Waals surface area contributed by atoms with Crippen molar-refractivity contribution in [3.8, 4) is 0 Å². The number of hydrogen-bond acceptors (Lipinski definition) is 6. The summed E-state index contributed by atoms with van der Waals surface area (Å²) in [6.45, 7) is 7.58. The number of aryl methyl sites for hydroxylation is 1. The summed E-state index contributed by atoms with van der Waals surface area (Å²) in [6.07, 6.45) is 4.66. The van der Waals surface area contributed by atoms with Crippen molar-refractivity contribution < 1.29 is 13.9 Å². The Kier molecular flexibility index (Phi) is 4.74. The lowest BCUT2D eigenvalue weighted by molar-refractivity contribution is 0.0468. The van der Waals surface area contributed by atoms with Gasteiger partial charge >= 0.3 is 0 Å². The summed E-state index contributed by atoms with van der Waals surface area (Å²) < 4.78 is 29.5. The standard InChI is InChI=1S/C27H35F2N5O/c1-18-2-3-21-22(14-18)30-24(34-15-20(16-34)32-10-4-19(17-35)5-11-32)31-23(21)33-12-8-26(9-13-33)25(6-7-25)27(26,28)29/h2-3,14,19-20,35H,4-13,15-17H2,1H3. The van der Waals surface area contributed by atoms with Gasteiger partial charge in [0.15, 0.2) is 0 Å². The third kappa shape index (κ3) is 3.05. The molecule has 5 aliphatic rings. The fourth-order valence-corrected chi connectivity index (χ4v) is 7.50. The van der Waals surface area contributed by atoms with Gasteiger partial charge in [-0.15, -0.1) is 0 Å². The van der Waals surface area contributed by atoms with Crippen molar-refractivity contribution in [3.05, 3.63) is 23.8 Å². The van der Waals surface area contributed by atoms with E-state index in [2.05, 4.69) is 39.8 Å². The maximum absolute atomic E-state index is 14.7. The number of benzene rings is 1. The van der Waals surface area contributed by atoms with Crippen molar-refractivity contribution in [2.45, 2.75) is 57.4 Å². The van der Waals surface area contributed by atoms with Crippen LogP contribution < -0.4 is 9.80 Å². The van der Waals surface area contributed by atoms with Crippen molar-refractivity contribution in [1.29, 1.82) is 0 Å². The molecule has 0 radical (unpaired) electrons. The number of nitrogens with zero attached hydrogens (tertiary/aromatic N) is 5. The van der Waals surface area contributed by atoms with E-state index in [1.807, 2.05) is 0 Å². The molecule has 7 rings (SSSR count). The summed E-state index contributed by atoms with van der Waals surface area (Å²) in [5.74, 6) is -0.359. The van der Waals surface area contributed by atoms with Crippen LogP contribution in [0.4, 0.5) is 20.5 Å². The lowest BCUT2D eigenvalue weighted by atomic mass is 9.89. The van der Waals surface area contributed by atoms with E-state index in [0.29, 0.717) is 57.3 Å². The first-order valence-corrected chi connectivity index (χ1v) is 13.4. The lowest BCUT2D eigenvalue weighted by Gasteiger charge is -2.47. The van der Waals surface area contributed by atoms with E-state index in [1.165, 1.54) is 0 Å². The number of rotatable bonds is 4. The maximum Gasteiger partial charge on any atom is 0.260 e. The van der Waals surface area contributed by atoms with Gasteiger partial charge in [-0.2, -0.15) is 4.98 Å². The SMILES string of the molecule is Cc1ccc2c(N3CCC4(CC3)C(F)(F)C43CC3)nc(N3CC(N4CCC(CO)CC4)C3)nc2c1. The van der Waals surface area contributed by atoms with Gasteiger partial charge in [0.2, 0.25) is 5.95 Å². The molecule has 35 heavy (non-hydrogen) atoms. The second kappa shape index (κ2) is 7.48. The average Bonchev–Trinajstić information content (AvgIpc) is 3.71. The van der Waals surface area contributed by atoms with E-state index in [4.69, 9.17) is 9.97 Å². The van der Waals surface area contributed by atoms with Crippen LogP contribution in [0.3, 0.4) is 0 Å². The molecule has 188 valence electrons. The topological polar surface area (TPSA) is 55.7 Å². The monoisotopic (exact) mass is 483 g/mol. The molecule has 0 atom stereocenters. The first-order valence-electron chi connectivity index (χ1n) is 13.4. The van der Waals surface area contributed by atoms with Crippen molar-refractivity contribution in [2.24, 2.45) is 16.7 Å². The number of hydrogen-bond donors (Lipinski definition) is 1. The van der Waals surface area contributed by atoms with E-state index < -0.39 is 16.8 Å². The summed E-state index contributed by atoms with van der Waals surface area (Å²) in [5, 5.41) is 10.4. The number of likely N-dealkylation sites (tertiary alicyclic amines) is 1. The van der Waals surface area contributed by atoms with Crippen LogP contribution in [-0.4, -0.2) is 77.8 Å². The van der Waals surface area contributed by atoms with Gasteiger partial charge in [-0.05, 0) is 82.2 Å². The van der Waals surface area contributed by atoms with E-state index >= 15 is 0 Å². The van der Waals surface area contributed by atoms with Gasteiger partial charge in [-0.3, -0.25) is 4.90 Å². The third-order valence-electron chi connectivity index (χ3n) is 10.1. The molecular weight excluding hydrogens is 448 g/mol. The Labute approximate surface area is 205 Å². The van der Waals surface area contributed by atoms with Gasteiger partial charge in [0.1, 0.15) is 5.82 Å². The predicted molar refractivity (Wildman–Crippen MR) is 132 cm³/mol. The van der Waals surface area contributed by atoms with Crippen LogP contribution in [0.15, 0.2) is 18.2 Å². The van der Waals surface area contributed by atoms with Crippen LogP contribution in [0.2, 0.25) is 0 Å². The Bertz CT molecular complexity index is 1140. The molecule has 0 bridgehead atoms. The number of fused-ring (bicyclic) bond motifs is 2. The van der Waals surface area contributed by atoms with Gasteiger partial charge < -0.3 is 14.9 Å². The van der Waals surface area contributed by atoms with Gasteiger partial charge in [0.05, 0.1) is 5.52 Å². The second-order valence-corrected chi connectivity index (χ2v) is 11.8. The molecule has 1 aromatic heterocycles. The number of alkyl halides is 2. The molecule has 3 aliphatic heterocycles. The molecule has 0 amide bonds. The molecule has 2 spiro atoms. The quantitative estimate of drug-likeness (QED) is 0.713. The van der Waals surface area contributed by atoms with Crippen molar-refractivity contribution >= 4 is 22.7 Å². The van der Waals surface area contributed by atoms with Crippen LogP contribution in [-0.2, 0) is 0 Å². The largest absolute Gasteiger partial charge is 0.396 e. The van der Waals surface area contributed by atoms with Gasteiger partial charge in [0, 0.05) is 55.0 Å². The van der Waals surface area contributed by atoms with Crippen LogP contribution in [0.5, 0.6) is 0 Å². The van der Waals surface area contributed by atoms with Crippen LogP contribution in [0.1, 0.15) is 44.1 Å². The summed E-state index contributed by atoms with van der Waals surface area (Å²) >= 11 is 0. The van der Waals surface area contributed by atoms with Gasteiger partial charge in [-0.25, -0.2) is 13.8 Å². The van der Waals surface area contributed by atoms with Gasteiger partial charge in [0.25, 0.3) is 5.92 Å². The third-order valence-corrected chi connectivity index (χ3v) is 10.1. The fourth-order valence-electron chi connectivity index (χ4n) is 7.50. The summed E-state index contributed by atoms with van der Waals surface area (Å²) in [6, 6.07) is 6.80. The fraction of sp³-hybridized carbons (Fsp3) is 0.704. The maximum atomic E-state index is 14.7. The van der Waals surface area contributed by atoms with E-state index in [-0.39, 0.29) is 0 Å². The normalized spacial score (nSPS) is 27.5. The zero-order chi connectivity index (χ0) is 24.0. The zero-order valence-corrected chi connectivity index (χ0v) is 20.5. The molecule has 6 nitrogen and oxygen atoms in total. The molecule has 2 saturated carbocycles. The summed E-state index contributed by atoms with van der Waals surface area (Å²) in [7, 11) is 0. The number of anilines is 2. The molecule has 1 aromatic carbocycles. The zero-order valence-electron chi connectivity index (χ0n) is 20.5. The Hall–Kier alpha value is -2.06. The first-order chi connectivity index (χ1) is 16.9. The lowest BCUT2D eigenvalue weighted by Crippen LogP contribution is -2.61. The Morgan fingerprint density at radius 1 is 0.943 bits per heavy atom. The second-order valence-electron chi connectivity index (χ2n) is 11.8. The highest BCUT2D eigenvalue weighted by molar-refractivity contribution is 5.91. The molecule has 5 fully saturated rings. The highest BCUT2D eigenvalue weighted by Gasteiger charge is 2.94. The molecule has 2 aliphatic carbocycles. The van der Waals surface area contributed by atoms with Gasteiger partial charge in [-0.1, -0.05) is 6.07 Å². The van der Waals surface area contributed by atoms with Crippen LogP contribution in [0, 0.1) is 23.7 Å². The predicted octanol–water partition coefficient (Wildman–Crippen LogP) is 3.85. The average molecular weight is 484 g/mol.